The molecule has 3 nitrogen and oxygen atoms in total. The average Bonchev–Trinajstić information content (AvgIpc) is 2.75. The highest BCUT2D eigenvalue weighted by Crippen LogP contribution is 2.37. The van der Waals surface area contributed by atoms with Gasteiger partial charge in [-0.1, -0.05) is 30.3 Å². The van der Waals surface area contributed by atoms with Crippen LogP contribution in [0.4, 0.5) is 8.78 Å². The van der Waals surface area contributed by atoms with E-state index in [1.54, 1.807) is 6.92 Å². The highest BCUT2D eigenvalue weighted by molar-refractivity contribution is 6.30. The molecule has 1 aliphatic rings. The molecule has 1 aliphatic carbocycles. The van der Waals surface area contributed by atoms with E-state index in [4.69, 9.17) is 21.4 Å². The largest absolute Gasteiger partial charge is 0.483 e. The van der Waals surface area contributed by atoms with Gasteiger partial charge in [-0.2, -0.15) is 0 Å². The zero-order valence-corrected chi connectivity index (χ0v) is 19.1. The van der Waals surface area contributed by atoms with Crippen LogP contribution in [0.5, 0.6) is 5.75 Å². The molecule has 0 bridgehead atoms. The highest BCUT2D eigenvalue weighted by Gasteiger charge is 2.25. The maximum atomic E-state index is 15.4. The van der Waals surface area contributed by atoms with Gasteiger partial charge < -0.3 is 9.84 Å². The van der Waals surface area contributed by atoms with E-state index in [2.05, 4.69) is 6.58 Å². The van der Waals surface area contributed by atoms with Crippen LogP contribution in [0.2, 0.25) is 5.02 Å². The Morgan fingerprint density at radius 2 is 1.81 bits per heavy atom. The molecule has 1 N–H and O–H groups in total. The maximum Gasteiger partial charge on any atom is 0.303 e. The van der Waals surface area contributed by atoms with Gasteiger partial charge in [0.05, 0.1) is 0 Å². The fourth-order valence-electron chi connectivity index (χ4n) is 4.23. The molecule has 0 amide bonds. The van der Waals surface area contributed by atoms with Crippen molar-refractivity contribution in [2.24, 2.45) is 0 Å². The fraction of sp³-hybridized carbons (Fsp3) is 0.346. The molecule has 0 heterocycles. The molecule has 0 atom stereocenters. The van der Waals surface area contributed by atoms with Gasteiger partial charge in [0.15, 0.2) is 17.4 Å². The lowest BCUT2D eigenvalue weighted by Crippen LogP contribution is -2.13. The first kappa shape index (κ1) is 24.0. The van der Waals surface area contributed by atoms with Crippen LogP contribution < -0.4 is 4.74 Å². The Hall–Kier alpha value is -2.66. The first-order valence-corrected chi connectivity index (χ1v) is 11.1. The lowest BCUT2D eigenvalue weighted by atomic mass is 9.87. The van der Waals surface area contributed by atoms with E-state index in [-0.39, 0.29) is 30.6 Å². The van der Waals surface area contributed by atoms with E-state index in [1.807, 2.05) is 24.3 Å². The quantitative estimate of drug-likeness (QED) is 0.447. The Balaban J connectivity index is 1.96. The summed E-state index contributed by atoms with van der Waals surface area (Å²) in [4.78, 5) is 11.0. The number of rotatable bonds is 8. The van der Waals surface area contributed by atoms with Gasteiger partial charge in [0, 0.05) is 17.0 Å². The summed E-state index contributed by atoms with van der Waals surface area (Å²) in [7, 11) is 0. The second kappa shape index (κ2) is 10.3. The first-order valence-electron chi connectivity index (χ1n) is 10.7. The van der Waals surface area contributed by atoms with E-state index in [1.165, 1.54) is 6.92 Å². The molecular weight excluding hydrogens is 434 g/mol. The zero-order valence-electron chi connectivity index (χ0n) is 18.4. The molecular formula is C26H27ClF2O3. The van der Waals surface area contributed by atoms with Gasteiger partial charge in [-0.05, 0) is 91.5 Å². The van der Waals surface area contributed by atoms with Gasteiger partial charge in [-0.3, -0.25) is 4.79 Å². The van der Waals surface area contributed by atoms with Crippen molar-refractivity contribution in [3.8, 4) is 5.75 Å². The van der Waals surface area contributed by atoms with Crippen LogP contribution in [-0.4, -0.2) is 17.7 Å². The fourth-order valence-corrected chi connectivity index (χ4v) is 4.36. The van der Waals surface area contributed by atoms with E-state index in [9.17, 15) is 4.79 Å². The third-order valence-electron chi connectivity index (χ3n) is 5.88. The second-order valence-electron chi connectivity index (χ2n) is 8.19. The predicted octanol–water partition coefficient (Wildman–Crippen LogP) is 7.38. The minimum Gasteiger partial charge on any atom is -0.483 e. The van der Waals surface area contributed by atoms with Crippen LogP contribution in [0.3, 0.4) is 0 Å². The maximum absolute atomic E-state index is 15.4. The SMILES string of the molecule is C=C(C)c1c(F)c(OCC2=C(c3ccc(Cl)cc3)CCCC2)c(F)c(C)c1CCC(=O)O. The summed E-state index contributed by atoms with van der Waals surface area (Å²) < 4.78 is 36.2. The molecule has 2 aromatic rings. The lowest BCUT2D eigenvalue weighted by molar-refractivity contribution is -0.136. The summed E-state index contributed by atoms with van der Waals surface area (Å²) in [5.41, 5.74) is 4.23. The van der Waals surface area contributed by atoms with Crippen LogP contribution >= 0.6 is 11.6 Å². The van der Waals surface area contributed by atoms with E-state index in [0.717, 1.165) is 42.4 Å². The molecule has 0 saturated carbocycles. The summed E-state index contributed by atoms with van der Waals surface area (Å²) >= 11 is 6.01. The van der Waals surface area contributed by atoms with Gasteiger partial charge in [-0.25, -0.2) is 8.78 Å². The Morgan fingerprint density at radius 1 is 1.16 bits per heavy atom. The number of carbonyl (C=O) groups is 1. The van der Waals surface area contributed by atoms with E-state index in [0.29, 0.717) is 16.2 Å². The molecule has 3 rings (SSSR count). The summed E-state index contributed by atoms with van der Waals surface area (Å²) in [6, 6.07) is 7.55. The minimum absolute atomic E-state index is 0.0172. The molecule has 2 aromatic carbocycles. The molecule has 0 spiro atoms. The first-order chi connectivity index (χ1) is 15.2. The van der Waals surface area contributed by atoms with Crippen LogP contribution in [0.25, 0.3) is 11.1 Å². The lowest BCUT2D eigenvalue weighted by Gasteiger charge is -2.23. The molecule has 0 aromatic heterocycles. The van der Waals surface area contributed by atoms with Crippen molar-refractivity contribution >= 4 is 28.7 Å². The topological polar surface area (TPSA) is 46.5 Å². The molecule has 0 radical (unpaired) electrons. The Kier molecular flexibility index (Phi) is 7.73. The number of carboxylic acid groups (broad SMARTS) is 1. The molecule has 32 heavy (non-hydrogen) atoms. The standard InChI is InChI=1S/C26H27ClF2O3/c1-15(2)23-20(12-13-22(30)31)16(3)24(28)26(25(23)29)32-14-18-6-4-5-7-21(18)17-8-10-19(27)11-9-17/h8-11H,1,4-7,12-14H2,2-3H3,(H,30,31). The number of allylic oxidation sites excluding steroid dienone is 2. The van der Waals surface area contributed by atoms with E-state index < -0.39 is 23.4 Å². The smallest absolute Gasteiger partial charge is 0.303 e. The number of hydrogen-bond acceptors (Lipinski definition) is 2. The van der Waals surface area contributed by atoms with Crippen LogP contribution in [0.1, 0.15) is 61.3 Å². The number of benzene rings is 2. The van der Waals surface area contributed by atoms with Crippen LogP contribution in [-0.2, 0) is 11.2 Å². The molecule has 0 aliphatic heterocycles. The highest BCUT2D eigenvalue weighted by atomic mass is 35.5. The van der Waals surface area contributed by atoms with Gasteiger partial charge >= 0.3 is 5.97 Å². The number of hydrogen-bond donors (Lipinski definition) is 1. The monoisotopic (exact) mass is 460 g/mol. The minimum atomic E-state index is -1.03. The summed E-state index contributed by atoms with van der Waals surface area (Å²) in [6.45, 7) is 7.02. The number of aliphatic carboxylic acids is 1. The zero-order chi connectivity index (χ0) is 23.4. The Morgan fingerprint density at radius 3 is 2.44 bits per heavy atom. The molecule has 0 unspecified atom stereocenters. The van der Waals surface area contributed by atoms with Crippen LogP contribution in [0, 0.1) is 18.6 Å². The van der Waals surface area contributed by atoms with Crippen molar-refractivity contribution in [2.45, 2.75) is 52.4 Å². The van der Waals surface area contributed by atoms with Crippen molar-refractivity contribution in [2.75, 3.05) is 6.61 Å². The van der Waals surface area contributed by atoms with Gasteiger partial charge in [0.2, 0.25) is 0 Å². The normalized spacial score (nSPS) is 13.9. The van der Waals surface area contributed by atoms with Gasteiger partial charge in [0.1, 0.15) is 6.61 Å². The summed E-state index contributed by atoms with van der Waals surface area (Å²) in [5, 5.41) is 9.65. The third-order valence-corrected chi connectivity index (χ3v) is 6.14. The van der Waals surface area contributed by atoms with E-state index >= 15 is 8.78 Å². The molecule has 170 valence electrons. The Labute approximate surface area is 192 Å². The average molecular weight is 461 g/mol. The van der Waals surface area contributed by atoms with Crippen molar-refractivity contribution in [3.63, 3.8) is 0 Å². The summed E-state index contributed by atoms with van der Waals surface area (Å²) in [6.07, 6.45) is 3.49. The van der Waals surface area contributed by atoms with Crippen molar-refractivity contribution in [1.29, 1.82) is 0 Å². The Bertz CT molecular complexity index is 1070. The molecule has 0 fully saturated rings. The second-order valence-corrected chi connectivity index (χ2v) is 8.63. The van der Waals surface area contributed by atoms with Gasteiger partial charge in [-0.15, -0.1) is 0 Å². The third kappa shape index (κ3) is 5.21. The van der Waals surface area contributed by atoms with Crippen molar-refractivity contribution in [3.05, 3.63) is 75.3 Å². The van der Waals surface area contributed by atoms with Crippen LogP contribution in [0.15, 0.2) is 36.4 Å². The molecule has 6 heteroatoms. The molecule has 0 saturated heterocycles. The number of halogens is 3. The predicted molar refractivity (Wildman–Crippen MR) is 124 cm³/mol. The van der Waals surface area contributed by atoms with Crippen molar-refractivity contribution < 1.29 is 23.4 Å². The van der Waals surface area contributed by atoms with Crippen molar-refractivity contribution in [1.82, 2.24) is 0 Å². The van der Waals surface area contributed by atoms with Gasteiger partial charge in [0.25, 0.3) is 0 Å². The number of ether oxygens (including phenoxy) is 1. The number of carboxylic acids is 1. The summed E-state index contributed by atoms with van der Waals surface area (Å²) in [5.74, 6) is -3.09.